The quantitative estimate of drug-likeness (QED) is 0.891. The highest BCUT2D eigenvalue weighted by molar-refractivity contribution is 5.28. The van der Waals surface area contributed by atoms with E-state index in [0.29, 0.717) is 0 Å². The third-order valence-corrected chi connectivity index (χ3v) is 5.20. The second-order valence-electron chi connectivity index (χ2n) is 6.54. The van der Waals surface area contributed by atoms with Crippen LogP contribution in [0.3, 0.4) is 0 Å². The first-order valence-corrected chi connectivity index (χ1v) is 7.96. The molecular formula is C17H24N2. The van der Waals surface area contributed by atoms with Crippen molar-refractivity contribution in [3.63, 3.8) is 0 Å². The maximum atomic E-state index is 3.79. The molecule has 3 aliphatic rings. The average molecular weight is 256 g/mol. The molecule has 2 saturated heterocycles. The minimum Gasteiger partial charge on any atom is -0.308 e. The van der Waals surface area contributed by atoms with Gasteiger partial charge in [0.2, 0.25) is 0 Å². The zero-order chi connectivity index (χ0) is 12.7. The van der Waals surface area contributed by atoms with Gasteiger partial charge in [-0.3, -0.25) is 4.90 Å². The van der Waals surface area contributed by atoms with E-state index < -0.39 is 0 Å². The third-order valence-electron chi connectivity index (χ3n) is 5.20. The molecule has 4 rings (SSSR count). The molecule has 2 nitrogen and oxygen atoms in total. The molecule has 0 amide bonds. The van der Waals surface area contributed by atoms with Crippen LogP contribution in [-0.2, 0) is 6.54 Å². The molecule has 2 unspecified atom stereocenters. The van der Waals surface area contributed by atoms with Gasteiger partial charge in [-0.25, -0.2) is 0 Å². The lowest BCUT2D eigenvalue weighted by Gasteiger charge is -2.21. The van der Waals surface area contributed by atoms with Crippen LogP contribution >= 0.6 is 0 Å². The van der Waals surface area contributed by atoms with Gasteiger partial charge in [0.25, 0.3) is 0 Å². The van der Waals surface area contributed by atoms with Crippen LogP contribution in [-0.4, -0.2) is 30.1 Å². The normalized spacial score (nSPS) is 30.7. The van der Waals surface area contributed by atoms with Crippen molar-refractivity contribution in [1.82, 2.24) is 10.2 Å². The first-order valence-electron chi connectivity index (χ1n) is 7.96. The molecule has 1 aromatic rings. The van der Waals surface area contributed by atoms with E-state index in [4.69, 9.17) is 0 Å². The van der Waals surface area contributed by atoms with Gasteiger partial charge < -0.3 is 5.32 Å². The number of benzene rings is 1. The molecule has 0 radical (unpaired) electrons. The maximum Gasteiger partial charge on any atom is 0.0250 e. The Morgan fingerprint density at radius 3 is 2.63 bits per heavy atom. The number of fused-ring (bicyclic) bond motifs is 1. The van der Waals surface area contributed by atoms with Gasteiger partial charge >= 0.3 is 0 Å². The molecule has 0 aromatic heterocycles. The molecule has 2 heteroatoms. The lowest BCUT2D eigenvalue weighted by atomic mass is 10.1. The highest BCUT2D eigenvalue weighted by Gasteiger charge is 2.36. The van der Waals surface area contributed by atoms with Crippen LogP contribution in [0, 0.1) is 0 Å². The lowest BCUT2D eigenvalue weighted by Crippen LogP contribution is -2.38. The zero-order valence-electron chi connectivity index (χ0n) is 11.6. The molecule has 19 heavy (non-hydrogen) atoms. The third kappa shape index (κ3) is 2.44. The van der Waals surface area contributed by atoms with Crippen molar-refractivity contribution >= 4 is 0 Å². The molecule has 0 bridgehead atoms. The first kappa shape index (κ1) is 11.9. The predicted molar refractivity (Wildman–Crippen MR) is 78.3 cm³/mol. The summed E-state index contributed by atoms with van der Waals surface area (Å²) in [6.07, 6.45) is 6.94. The fourth-order valence-corrected chi connectivity index (χ4v) is 3.89. The van der Waals surface area contributed by atoms with Crippen molar-refractivity contribution in [3.05, 3.63) is 35.4 Å². The minimum absolute atomic E-state index is 0.727. The highest BCUT2D eigenvalue weighted by atomic mass is 15.2. The van der Waals surface area contributed by atoms with Gasteiger partial charge in [-0.1, -0.05) is 24.3 Å². The lowest BCUT2D eigenvalue weighted by molar-refractivity contribution is 0.298. The van der Waals surface area contributed by atoms with Crippen LogP contribution in [0.4, 0.5) is 0 Å². The summed E-state index contributed by atoms with van der Waals surface area (Å²) in [4.78, 5) is 2.67. The Balaban J connectivity index is 1.34. The van der Waals surface area contributed by atoms with Crippen LogP contribution in [0.1, 0.15) is 49.1 Å². The average Bonchev–Trinajstić information content (AvgIpc) is 3.06. The van der Waals surface area contributed by atoms with Gasteiger partial charge in [-0.15, -0.1) is 0 Å². The molecular weight excluding hydrogens is 232 g/mol. The highest BCUT2D eigenvalue weighted by Crippen LogP contribution is 2.39. The Morgan fingerprint density at radius 1 is 1.00 bits per heavy atom. The van der Waals surface area contributed by atoms with Gasteiger partial charge in [0, 0.05) is 25.2 Å². The second kappa shape index (κ2) is 4.92. The molecule has 102 valence electrons. The molecule has 0 spiro atoms. The minimum atomic E-state index is 0.727. The first-order chi connectivity index (χ1) is 9.40. The van der Waals surface area contributed by atoms with Gasteiger partial charge in [0.15, 0.2) is 0 Å². The molecule has 1 saturated carbocycles. The van der Waals surface area contributed by atoms with Gasteiger partial charge in [-0.05, 0) is 55.7 Å². The van der Waals surface area contributed by atoms with E-state index >= 15 is 0 Å². The van der Waals surface area contributed by atoms with Crippen LogP contribution in [0.25, 0.3) is 0 Å². The van der Waals surface area contributed by atoms with Crippen LogP contribution in [0.15, 0.2) is 24.3 Å². The van der Waals surface area contributed by atoms with Crippen LogP contribution < -0.4 is 5.32 Å². The molecule has 1 aromatic carbocycles. The van der Waals surface area contributed by atoms with E-state index in [9.17, 15) is 0 Å². The van der Waals surface area contributed by atoms with Crippen molar-refractivity contribution < 1.29 is 0 Å². The van der Waals surface area contributed by atoms with Crippen molar-refractivity contribution in [2.24, 2.45) is 0 Å². The SMILES string of the molecule is c1cc(C2CC2)ccc1CNC1CCN2CCCC12. The smallest absolute Gasteiger partial charge is 0.0250 e. The number of nitrogens with zero attached hydrogens (tertiary/aromatic N) is 1. The van der Waals surface area contributed by atoms with Gasteiger partial charge in [-0.2, -0.15) is 0 Å². The molecule has 2 atom stereocenters. The van der Waals surface area contributed by atoms with Crippen LogP contribution in [0.2, 0.25) is 0 Å². The number of hydrogen-bond acceptors (Lipinski definition) is 2. The molecule has 2 heterocycles. The van der Waals surface area contributed by atoms with Crippen molar-refractivity contribution in [2.45, 2.75) is 56.7 Å². The summed E-state index contributed by atoms with van der Waals surface area (Å²) in [5.41, 5.74) is 2.99. The molecule has 1 N–H and O–H groups in total. The van der Waals surface area contributed by atoms with Crippen LogP contribution in [0.5, 0.6) is 0 Å². The Labute approximate surface area is 116 Å². The Bertz CT molecular complexity index is 435. The van der Waals surface area contributed by atoms with E-state index in [2.05, 4.69) is 34.5 Å². The van der Waals surface area contributed by atoms with Gasteiger partial charge in [0.05, 0.1) is 0 Å². The summed E-state index contributed by atoms with van der Waals surface area (Å²) in [5.74, 6) is 0.879. The fourth-order valence-electron chi connectivity index (χ4n) is 3.89. The molecule has 1 aliphatic carbocycles. The zero-order valence-corrected chi connectivity index (χ0v) is 11.6. The monoisotopic (exact) mass is 256 g/mol. The van der Waals surface area contributed by atoms with E-state index in [1.54, 1.807) is 5.56 Å². The maximum absolute atomic E-state index is 3.79. The summed E-state index contributed by atoms with van der Waals surface area (Å²) in [6.45, 7) is 3.68. The largest absolute Gasteiger partial charge is 0.308 e. The predicted octanol–water partition coefficient (Wildman–Crippen LogP) is 2.89. The van der Waals surface area contributed by atoms with Crippen molar-refractivity contribution in [1.29, 1.82) is 0 Å². The summed E-state index contributed by atoms with van der Waals surface area (Å²) in [7, 11) is 0. The fraction of sp³-hybridized carbons (Fsp3) is 0.647. The number of rotatable bonds is 4. The second-order valence-corrected chi connectivity index (χ2v) is 6.54. The number of nitrogens with one attached hydrogen (secondary N) is 1. The molecule has 3 fully saturated rings. The topological polar surface area (TPSA) is 15.3 Å². The summed E-state index contributed by atoms with van der Waals surface area (Å²) < 4.78 is 0. The van der Waals surface area contributed by atoms with E-state index in [1.807, 2.05) is 0 Å². The Kier molecular flexibility index (Phi) is 3.08. The Morgan fingerprint density at radius 2 is 1.84 bits per heavy atom. The summed E-state index contributed by atoms with van der Waals surface area (Å²) in [6, 6.07) is 10.9. The molecule has 2 aliphatic heterocycles. The van der Waals surface area contributed by atoms with E-state index in [0.717, 1.165) is 24.5 Å². The van der Waals surface area contributed by atoms with Gasteiger partial charge in [0.1, 0.15) is 0 Å². The Hall–Kier alpha value is -0.860. The number of hydrogen-bond donors (Lipinski definition) is 1. The van der Waals surface area contributed by atoms with Crippen molar-refractivity contribution in [2.75, 3.05) is 13.1 Å². The summed E-state index contributed by atoms with van der Waals surface area (Å²) >= 11 is 0. The van der Waals surface area contributed by atoms with Crippen molar-refractivity contribution in [3.8, 4) is 0 Å². The van der Waals surface area contributed by atoms with E-state index in [-0.39, 0.29) is 0 Å². The standard InChI is InChI=1S/C17H24N2/c1-2-17-16(9-11-19(17)10-1)18-12-13-3-5-14(6-4-13)15-7-8-15/h3-6,15-18H,1-2,7-12H2. The van der Waals surface area contributed by atoms with E-state index in [1.165, 1.54) is 50.8 Å². The summed E-state index contributed by atoms with van der Waals surface area (Å²) in [5, 5.41) is 3.79.